The molecule has 0 bridgehead atoms. The van der Waals surface area contributed by atoms with Crippen molar-refractivity contribution in [2.45, 2.75) is 0 Å². The van der Waals surface area contributed by atoms with Gasteiger partial charge in [0.1, 0.15) is 0 Å². The molecule has 2 aliphatic heterocycles. The maximum absolute atomic E-state index is 12.3. The molecule has 0 saturated carbocycles. The van der Waals surface area contributed by atoms with Crippen LogP contribution in [0.2, 0.25) is 0 Å². The number of rotatable bonds is 5. The molecule has 1 fully saturated rings. The monoisotopic (exact) mass is 419 g/mol. The van der Waals surface area contributed by atoms with Crippen LogP contribution in [0.25, 0.3) is 0 Å². The first-order valence-electron chi connectivity index (χ1n) is 9.09. The number of fused-ring (bicyclic) bond motifs is 1. The van der Waals surface area contributed by atoms with Gasteiger partial charge in [-0.3, -0.25) is 0 Å². The van der Waals surface area contributed by atoms with Crippen molar-refractivity contribution < 1.29 is 8.57 Å². The maximum atomic E-state index is 12.3. The van der Waals surface area contributed by atoms with Crippen LogP contribution < -0.4 is 19.0 Å². The van der Waals surface area contributed by atoms with Crippen molar-refractivity contribution in [3.8, 4) is 5.75 Å². The van der Waals surface area contributed by atoms with Gasteiger partial charge in [0.15, 0.2) is 0 Å². The van der Waals surface area contributed by atoms with Crippen LogP contribution >= 0.6 is 0 Å². The van der Waals surface area contributed by atoms with Crippen LogP contribution in [0.4, 0.5) is 11.4 Å². The van der Waals surface area contributed by atoms with Crippen molar-refractivity contribution in [3.63, 3.8) is 0 Å². The number of benzene rings is 2. The Morgan fingerprint density at radius 3 is 2.38 bits per heavy atom. The zero-order chi connectivity index (χ0) is 17.9. The van der Waals surface area contributed by atoms with Crippen LogP contribution in [0.3, 0.4) is 0 Å². The molecule has 2 aromatic carbocycles. The average Bonchev–Trinajstić information content (AvgIpc) is 3.03. The van der Waals surface area contributed by atoms with Crippen LogP contribution in [0.1, 0.15) is 0 Å². The van der Waals surface area contributed by atoms with Gasteiger partial charge in [0, 0.05) is 0 Å². The molecular weight excluding hydrogens is 393 g/mol. The summed E-state index contributed by atoms with van der Waals surface area (Å²) in [5.41, 5.74) is 3.09. The molecule has 1 atom stereocenters. The topological polar surface area (TPSA) is 36.0 Å². The number of ether oxygens (including phenoxy) is 1. The first kappa shape index (κ1) is 17.5. The number of anilines is 2. The van der Waals surface area contributed by atoms with Gasteiger partial charge in [0.2, 0.25) is 0 Å². The molecule has 26 heavy (non-hydrogen) atoms. The van der Waals surface area contributed by atoms with Crippen molar-refractivity contribution in [1.29, 1.82) is 0 Å². The summed E-state index contributed by atoms with van der Waals surface area (Å²) in [7, 11) is 1.73. The van der Waals surface area contributed by atoms with Crippen molar-refractivity contribution in [3.05, 3.63) is 48.5 Å². The summed E-state index contributed by atoms with van der Waals surface area (Å²) in [5, 5.41) is 0. The number of nitrogens with zero attached hydrogens (tertiary/aromatic N) is 3. The quantitative estimate of drug-likeness (QED) is 0.688. The van der Waals surface area contributed by atoms with E-state index in [-0.39, 0.29) is 0 Å². The molecule has 0 amide bonds. The second kappa shape index (κ2) is 7.78. The molecular formula is C20H25N3O2Se. The second-order valence-electron chi connectivity index (χ2n) is 6.71. The minimum absolute atomic E-state index is 0.723. The second-order valence-corrected chi connectivity index (χ2v) is 9.62. The molecule has 0 aromatic heterocycles. The fourth-order valence-corrected chi connectivity index (χ4v) is 6.58. The Morgan fingerprint density at radius 1 is 0.923 bits per heavy atom. The van der Waals surface area contributed by atoms with Gasteiger partial charge in [0.25, 0.3) is 0 Å². The predicted octanol–water partition coefficient (Wildman–Crippen LogP) is 1.51. The third kappa shape index (κ3) is 3.50. The van der Waals surface area contributed by atoms with Crippen LogP contribution in [0, 0.1) is 0 Å². The molecule has 0 aliphatic carbocycles. The molecule has 138 valence electrons. The van der Waals surface area contributed by atoms with Crippen molar-refractivity contribution in [2.75, 3.05) is 61.6 Å². The average molecular weight is 418 g/mol. The molecule has 0 spiro atoms. The first-order valence-corrected chi connectivity index (χ1v) is 11.9. The number of piperazine rings is 1. The summed E-state index contributed by atoms with van der Waals surface area (Å²) in [6.07, 6.45) is 0. The Kier molecular flexibility index (Phi) is 5.25. The molecule has 6 heteroatoms. The molecule has 1 saturated heterocycles. The van der Waals surface area contributed by atoms with Gasteiger partial charge >= 0.3 is 159 Å². The number of para-hydroxylation sites is 3. The number of hydrogen-bond donors (Lipinski definition) is 0. The first-order chi connectivity index (χ1) is 12.8. The van der Waals surface area contributed by atoms with Crippen molar-refractivity contribution in [1.82, 2.24) is 4.90 Å². The van der Waals surface area contributed by atoms with E-state index in [4.69, 9.17) is 4.74 Å². The Labute approximate surface area is 159 Å². The molecule has 2 aromatic rings. The van der Waals surface area contributed by atoms with Gasteiger partial charge in [-0.15, -0.1) is 0 Å². The molecule has 0 N–H and O–H groups in total. The molecule has 2 heterocycles. The summed E-state index contributed by atoms with van der Waals surface area (Å²) < 4.78 is 18.9. The van der Waals surface area contributed by atoms with E-state index in [1.165, 1.54) is 11.4 Å². The van der Waals surface area contributed by atoms with Gasteiger partial charge in [-0.25, -0.2) is 0 Å². The summed E-state index contributed by atoms with van der Waals surface area (Å²) in [6, 6.07) is 16.4. The van der Waals surface area contributed by atoms with E-state index >= 15 is 0 Å². The Bertz CT molecular complexity index is 790. The third-order valence-corrected chi connectivity index (χ3v) is 8.11. The van der Waals surface area contributed by atoms with Crippen molar-refractivity contribution >= 4 is 29.7 Å². The molecule has 0 radical (unpaired) electrons. The summed E-state index contributed by atoms with van der Waals surface area (Å²) in [5.74, 6) is 0.945. The molecule has 1 unspecified atom stereocenters. The van der Waals surface area contributed by atoms with Gasteiger partial charge in [-0.2, -0.15) is 0 Å². The molecule has 5 nitrogen and oxygen atoms in total. The Morgan fingerprint density at radius 2 is 1.62 bits per heavy atom. The normalized spacial score (nSPS) is 20.3. The zero-order valence-corrected chi connectivity index (χ0v) is 16.8. The van der Waals surface area contributed by atoms with Crippen molar-refractivity contribution in [2.24, 2.45) is 0 Å². The van der Waals surface area contributed by atoms with Crippen LogP contribution in [0.5, 0.6) is 5.75 Å². The van der Waals surface area contributed by atoms with E-state index < -0.39 is 13.8 Å². The number of methoxy groups -OCH3 is 1. The van der Waals surface area contributed by atoms with Gasteiger partial charge in [0.05, 0.1) is 0 Å². The van der Waals surface area contributed by atoms with E-state index in [1.54, 1.807) is 7.11 Å². The summed E-state index contributed by atoms with van der Waals surface area (Å²) in [6.45, 7) is 6.08. The van der Waals surface area contributed by atoms with E-state index in [2.05, 4.69) is 32.9 Å². The van der Waals surface area contributed by atoms with E-state index in [0.29, 0.717) is 0 Å². The van der Waals surface area contributed by atoms with E-state index in [0.717, 1.165) is 54.9 Å². The SMILES string of the molecule is COc1ccccc1N1CCN(CCN2C[Se](=O)c3ccccc32)CC1. The molecule has 2 aliphatic rings. The Balaban J connectivity index is 1.32. The standard InChI is InChI=1S/C20H25N3O2Se/c1-25-19-8-4-2-6-17(19)22-13-10-21(11-14-22)12-15-23-16-26(24)20-9-5-3-7-18(20)23/h2-9H,10-16H2,1H3. The Hall–Kier alpha value is -1.88. The van der Waals surface area contributed by atoms with Gasteiger partial charge < -0.3 is 0 Å². The zero-order valence-electron chi connectivity index (χ0n) is 15.1. The number of hydrogen-bond acceptors (Lipinski definition) is 5. The summed E-state index contributed by atoms with van der Waals surface area (Å²) in [4.78, 5) is 7.21. The minimum atomic E-state index is -1.86. The van der Waals surface area contributed by atoms with Crippen LogP contribution in [0.15, 0.2) is 48.5 Å². The van der Waals surface area contributed by atoms with Gasteiger partial charge in [-0.05, 0) is 0 Å². The fraction of sp³-hybridized carbons (Fsp3) is 0.400. The third-order valence-electron chi connectivity index (χ3n) is 5.21. The van der Waals surface area contributed by atoms with E-state index in [9.17, 15) is 3.83 Å². The van der Waals surface area contributed by atoms with Crippen LogP contribution in [-0.4, -0.2) is 70.6 Å². The van der Waals surface area contributed by atoms with E-state index in [1.807, 2.05) is 30.3 Å². The summed E-state index contributed by atoms with van der Waals surface area (Å²) >= 11 is -1.86. The molecule has 4 rings (SSSR count). The van der Waals surface area contributed by atoms with Gasteiger partial charge in [-0.1, -0.05) is 0 Å². The van der Waals surface area contributed by atoms with Crippen LogP contribution in [-0.2, 0) is 3.83 Å². The fourth-order valence-electron chi connectivity index (χ4n) is 3.74. The predicted molar refractivity (Wildman–Crippen MR) is 106 cm³/mol.